The van der Waals surface area contributed by atoms with Gasteiger partial charge in [-0.25, -0.2) is 0 Å². The molecule has 0 bridgehead atoms. The van der Waals surface area contributed by atoms with Gasteiger partial charge in [0.25, 0.3) is 5.91 Å². The summed E-state index contributed by atoms with van der Waals surface area (Å²) < 4.78 is 10.6. The summed E-state index contributed by atoms with van der Waals surface area (Å²) in [6, 6.07) is 7.48. The first-order valence-corrected chi connectivity index (χ1v) is 9.51. The summed E-state index contributed by atoms with van der Waals surface area (Å²) >= 11 is 1.52. The minimum atomic E-state index is -0.332. The first-order chi connectivity index (χ1) is 12.6. The van der Waals surface area contributed by atoms with Gasteiger partial charge in [0.2, 0.25) is 0 Å². The molecule has 5 nitrogen and oxygen atoms in total. The minimum absolute atomic E-state index is 0.332. The molecule has 1 aromatic carbocycles. The molecule has 26 heavy (non-hydrogen) atoms. The first kappa shape index (κ1) is 18.3. The van der Waals surface area contributed by atoms with Gasteiger partial charge in [0.1, 0.15) is 28.1 Å². The number of carbonyl (C=O) groups excluding carboxylic acids is 1. The largest absolute Gasteiger partial charge is 0.496 e. The van der Waals surface area contributed by atoms with Crippen LogP contribution in [0.15, 0.2) is 18.2 Å². The van der Waals surface area contributed by atoms with Crippen molar-refractivity contribution in [3.8, 4) is 17.6 Å². The fraction of sp³-hybridized carbons (Fsp3) is 0.400. The molecular weight excluding hydrogens is 348 g/mol. The molecule has 0 saturated heterocycles. The molecule has 0 radical (unpaired) electrons. The van der Waals surface area contributed by atoms with Crippen LogP contribution in [0, 0.1) is 17.2 Å². The van der Waals surface area contributed by atoms with Crippen molar-refractivity contribution in [2.75, 3.05) is 19.5 Å². The van der Waals surface area contributed by atoms with E-state index >= 15 is 0 Å². The Hall–Kier alpha value is -2.52. The number of nitrogens with zero attached hydrogens (tertiary/aromatic N) is 1. The molecule has 0 saturated carbocycles. The second-order valence-corrected chi connectivity index (χ2v) is 7.43. The molecule has 1 amide bonds. The average Bonchev–Trinajstić information content (AvgIpc) is 3.02. The third-order valence-corrected chi connectivity index (χ3v) is 6.11. The van der Waals surface area contributed by atoms with Crippen molar-refractivity contribution in [3.63, 3.8) is 0 Å². The number of methoxy groups -OCH3 is 2. The molecule has 0 aliphatic heterocycles. The van der Waals surface area contributed by atoms with Crippen LogP contribution in [0.1, 0.15) is 46.1 Å². The Kier molecular flexibility index (Phi) is 5.48. The van der Waals surface area contributed by atoms with E-state index in [1.165, 1.54) is 30.4 Å². The fourth-order valence-corrected chi connectivity index (χ4v) is 4.76. The number of anilines is 1. The Labute approximate surface area is 157 Å². The highest BCUT2D eigenvalue weighted by Crippen LogP contribution is 2.40. The van der Waals surface area contributed by atoms with Gasteiger partial charge in [-0.1, -0.05) is 19.4 Å². The fourth-order valence-electron chi connectivity index (χ4n) is 3.45. The van der Waals surface area contributed by atoms with Crippen LogP contribution in [0.2, 0.25) is 0 Å². The van der Waals surface area contributed by atoms with Gasteiger partial charge in [-0.15, -0.1) is 11.3 Å². The zero-order valence-corrected chi connectivity index (χ0v) is 16.0. The van der Waals surface area contributed by atoms with Gasteiger partial charge in [-0.05, 0) is 42.9 Å². The zero-order valence-electron chi connectivity index (χ0n) is 15.2. The van der Waals surface area contributed by atoms with Gasteiger partial charge in [-0.2, -0.15) is 5.26 Å². The monoisotopic (exact) mass is 370 g/mol. The Morgan fingerprint density at radius 1 is 1.35 bits per heavy atom. The maximum Gasteiger partial charge on any atom is 0.263 e. The van der Waals surface area contributed by atoms with Crippen LogP contribution >= 0.6 is 11.3 Å². The molecule has 2 aromatic rings. The van der Waals surface area contributed by atoms with Gasteiger partial charge in [-0.3, -0.25) is 4.79 Å². The smallest absolute Gasteiger partial charge is 0.263 e. The normalized spacial score (nSPS) is 15.7. The van der Waals surface area contributed by atoms with E-state index in [1.54, 1.807) is 18.2 Å². The van der Waals surface area contributed by atoms with E-state index in [2.05, 4.69) is 18.3 Å². The summed E-state index contributed by atoms with van der Waals surface area (Å²) in [6.45, 7) is 2.20. The SMILES string of the molecule is CCC1CCc2c(sc(NC(=O)c3c(OC)cccc3OC)c2C#N)C1. The van der Waals surface area contributed by atoms with E-state index in [4.69, 9.17) is 9.47 Å². The number of nitrogens with one attached hydrogen (secondary N) is 1. The lowest BCUT2D eigenvalue weighted by molar-refractivity contribution is 0.102. The van der Waals surface area contributed by atoms with Crippen LogP contribution in [-0.2, 0) is 12.8 Å². The van der Waals surface area contributed by atoms with Gasteiger partial charge in [0.05, 0.1) is 19.8 Å². The lowest BCUT2D eigenvalue weighted by atomic mass is 9.86. The summed E-state index contributed by atoms with van der Waals surface area (Å²) in [5, 5.41) is 13.2. The number of nitriles is 1. The van der Waals surface area contributed by atoms with E-state index in [1.807, 2.05) is 0 Å². The van der Waals surface area contributed by atoms with E-state index in [-0.39, 0.29) is 5.91 Å². The van der Waals surface area contributed by atoms with Crippen molar-refractivity contribution in [2.45, 2.75) is 32.6 Å². The molecule has 0 spiro atoms. The van der Waals surface area contributed by atoms with Crippen molar-refractivity contribution < 1.29 is 14.3 Å². The number of hydrogen-bond donors (Lipinski definition) is 1. The van der Waals surface area contributed by atoms with Crippen molar-refractivity contribution in [3.05, 3.63) is 39.8 Å². The number of amides is 1. The van der Waals surface area contributed by atoms with Crippen molar-refractivity contribution in [2.24, 2.45) is 5.92 Å². The molecule has 3 rings (SSSR count). The second kappa shape index (κ2) is 7.79. The Balaban J connectivity index is 1.94. The minimum Gasteiger partial charge on any atom is -0.496 e. The van der Waals surface area contributed by atoms with E-state index in [0.717, 1.165) is 31.2 Å². The number of carbonyl (C=O) groups is 1. The topological polar surface area (TPSA) is 71.3 Å². The number of rotatable bonds is 5. The number of thiophene rings is 1. The summed E-state index contributed by atoms with van der Waals surface area (Å²) in [5.41, 5.74) is 2.03. The van der Waals surface area contributed by atoms with Crippen LogP contribution < -0.4 is 14.8 Å². The van der Waals surface area contributed by atoms with Gasteiger partial charge >= 0.3 is 0 Å². The molecule has 1 unspecified atom stereocenters. The summed E-state index contributed by atoms with van der Waals surface area (Å²) in [6.07, 6.45) is 4.13. The van der Waals surface area contributed by atoms with Gasteiger partial charge in [0.15, 0.2) is 0 Å². The van der Waals surface area contributed by atoms with Crippen LogP contribution in [-0.4, -0.2) is 20.1 Å². The second-order valence-electron chi connectivity index (χ2n) is 6.33. The zero-order chi connectivity index (χ0) is 18.7. The third kappa shape index (κ3) is 3.27. The number of fused-ring (bicyclic) bond motifs is 1. The summed E-state index contributed by atoms with van der Waals surface area (Å²) in [5.74, 6) is 1.20. The van der Waals surface area contributed by atoms with Gasteiger partial charge < -0.3 is 14.8 Å². The molecule has 1 aromatic heterocycles. The van der Waals surface area contributed by atoms with Crippen LogP contribution in [0.4, 0.5) is 5.00 Å². The maximum absolute atomic E-state index is 12.9. The molecule has 1 heterocycles. The molecule has 1 aliphatic rings. The molecule has 6 heteroatoms. The van der Waals surface area contributed by atoms with Crippen LogP contribution in [0.25, 0.3) is 0 Å². The lowest BCUT2D eigenvalue weighted by Crippen LogP contribution is -2.14. The molecule has 1 aliphatic carbocycles. The quantitative estimate of drug-likeness (QED) is 0.846. The van der Waals surface area contributed by atoms with Crippen LogP contribution in [0.3, 0.4) is 0 Å². The van der Waals surface area contributed by atoms with E-state index < -0.39 is 0 Å². The highest BCUT2D eigenvalue weighted by molar-refractivity contribution is 7.16. The average molecular weight is 370 g/mol. The predicted octanol–water partition coefficient (Wildman–Crippen LogP) is 4.40. The lowest BCUT2D eigenvalue weighted by Gasteiger charge is -2.20. The van der Waals surface area contributed by atoms with E-state index in [9.17, 15) is 10.1 Å². The predicted molar refractivity (Wildman–Crippen MR) is 102 cm³/mol. The highest BCUT2D eigenvalue weighted by Gasteiger charge is 2.27. The number of ether oxygens (including phenoxy) is 2. The number of benzene rings is 1. The Morgan fingerprint density at radius 3 is 2.62 bits per heavy atom. The molecular formula is C20H22N2O3S. The van der Waals surface area contributed by atoms with E-state index in [0.29, 0.717) is 33.5 Å². The Bertz CT molecular complexity index is 844. The van der Waals surface area contributed by atoms with Crippen molar-refractivity contribution in [1.29, 1.82) is 5.26 Å². The molecule has 1 atom stereocenters. The Morgan fingerprint density at radius 2 is 2.04 bits per heavy atom. The first-order valence-electron chi connectivity index (χ1n) is 8.69. The number of hydrogen-bond acceptors (Lipinski definition) is 5. The van der Waals surface area contributed by atoms with Crippen molar-refractivity contribution in [1.82, 2.24) is 0 Å². The standard InChI is InChI=1S/C20H22N2O3S/c1-4-12-8-9-13-14(11-21)20(26-17(13)10-12)22-19(23)18-15(24-2)6-5-7-16(18)25-3/h5-7,12H,4,8-10H2,1-3H3,(H,22,23). The molecule has 1 N–H and O–H groups in total. The summed E-state index contributed by atoms with van der Waals surface area (Å²) in [7, 11) is 3.03. The van der Waals surface area contributed by atoms with Crippen LogP contribution in [0.5, 0.6) is 11.5 Å². The molecule has 0 fully saturated rings. The highest BCUT2D eigenvalue weighted by atomic mass is 32.1. The van der Waals surface area contributed by atoms with Crippen molar-refractivity contribution >= 4 is 22.2 Å². The van der Waals surface area contributed by atoms with Gasteiger partial charge in [0, 0.05) is 4.88 Å². The summed E-state index contributed by atoms with van der Waals surface area (Å²) in [4.78, 5) is 14.1. The maximum atomic E-state index is 12.9. The molecule has 136 valence electrons. The third-order valence-electron chi connectivity index (χ3n) is 4.94.